The van der Waals surface area contributed by atoms with E-state index >= 15 is 0 Å². The molecule has 0 aliphatic heterocycles. The van der Waals surface area contributed by atoms with Crippen LogP contribution in [0.1, 0.15) is 16.7 Å². The maximum Gasteiger partial charge on any atom is 0.264 e. The van der Waals surface area contributed by atoms with Gasteiger partial charge in [0.15, 0.2) is 0 Å². The van der Waals surface area contributed by atoms with Gasteiger partial charge in [0, 0.05) is 6.54 Å². The lowest BCUT2D eigenvalue weighted by Gasteiger charge is -2.06. The van der Waals surface area contributed by atoms with E-state index in [1.807, 2.05) is 61.5 Å². The van der Waals surface area contributed by atoms with E-state index in [-0.39, 0.29) is 17.6 Å². The molecule has 0 aliphatic carbocycles. The number of hydrogen-bond acceptors (Lipinski definition) is 7. The molecule has 2 aromatic carbocycles. The van der Waals surface area contributed by atoms with Crippen LogP contribution in [0.4, 0.5) is 5.95 Å². The first-order valence-corrected chi connectivity index (χ1v) is 9.60. The molecular formula is C19H21N7OS. The van der Waals surface area contributed by atoms with Gasteiger partial charge in [0.2, 0.25) is 11.1 Å². The summed E-state index contributed by atoms with van der Waals surface area (Å²) in [4.78, 5) is 12.0. The Morgan fingerprint density at radius 1 is 1.18 bits per heavy atom. The van der Waals surface area contributed by atoms with Crippen LogP contribution in [0.5, 0.6) is 0 Å². The monoisotopic (exact) mass is 395 g/mol. The number of nitrogens with two attached hydrogens (primary N) is 1. The summed E-state index contributed by atoms with van der Waals surface area (Å²) >= 11 is 1.20. The van der Waals surface area contributed by atoms with E-state index in [0.717, 1.165) is 11.1 Å². The van der Waals surface area contributed by atoms with Crippen molar-refractivity contribution in [1.82, 2.24) is 20.2 Å². The van der Waals surface area contributed by atoms with Crippen LogP contribution in [0, 0.1) is 6.92 Å². The summed E-state index contributed by atoms with van der Waals surface area (Å²) in [6.07, 6.45) is 1.65. The van der Waals surface area contributed by atoms with Gasteiger partial charge in [-0.25, -0.2) is 10.1 Å². The summed E-state index contributed by atoms with van der Waals surface area (Å²) in [5.41, 5.74) is 5.92. The van der Waals surface area contributed by atoms with Crippen LogP contribution in [0.3, 0.4) is 0 Å². The average molecular weight is 395 g/mol. The Bertz CT molecular complexity index is 939. The third-order valence-corrected chi connectivity index (χ3v) is 4.73. The van der Waals surface area contributed by atoms with Crippen LogP contribution in [0.15, 0.2) is 64.9 Å². The predicted molar refractivity (Wildman–Crippen MR) is 112 cm³/mol. The number of benzene rings is 2. The second-order valence-corrected chi connectivity index (χ2v) is 6.95. The molecule has 0 saturated heterocycles. The molecule has 8 nitrogen and oxygen atoms in total. The molecule has 0 saturated carbocycles. The Kier molecular flexibility index (Phi) is 6.64. The van der Waals surface area contributed by atoms with Gasteiger partial charge in [-0.2, -0.15) is 5.10 Å². The lowest BCUT2D eigenvalue weighted by atomic mass is 10.1. The molecule has 9 heteroatoms. The highest BCUT2D eigenvalue weighted by Gasteiger charge is 2.11. The van der Waals surface area contributed by atoms with Crippen LogP contribution in [0.25, 0.3) is 0 Å². The van der Waals surface area contributed by atoms with E-state index in [9.17, 15) is 4.79 Å². The highest BCUT2D eigenvalue weighted by molar-refractivity contribution is 7.99. The quantitative estimate of drug-likeness (QED) is 0.233. The molecule has 4 N–H and O–H groups in total. The summed E-state index contributed by atoms with van der Waals surface area (Å²) < 4.78 is 1.26. The van der Waals surface area contributed by atoms with Gasteiger partial charge >= 0.3 is 0 Å². The first-order chi connectivity index (χ1) is 13.6. The van der Waals surface area contributed by atoms with E-state index < -0.39 is 0 Å². The van der Waals surface area contributed by atoms with Crippen molar-refractivity contribution in [3.8, 4) is 0 Å². The summed E-state index contributed by atoms with van der Waals surface area (Å²) in [6, 6.07) is 17.6. The van der Waals surface area contributed by atoms with Crippen molar-refractivity contribution in [1.29, 1.82) is 0 Å². The molecule has 144 valence electrons. The average Bonchev–Trinajstić information content (AvgIpc) is 3.06. The number of amides is 1. The number of anilines is 1. The maximum atomic E-state index is 12.0. The molecule has 0 radical (unpaired) electrons. The number of hydrogen-bond donors (Lipinski definition) is 3. The first kappa shape index (κ1) is 19.4. The molecule has 3 aromatic rings. The van der Waals surface area contributed by atoms with Gasteiger partial charge in [-0.15, -0.1) is 10.2 Å². The Hall–Kier alpha value is -3.33. The number of carbonyl (C=O) groups is 1. The third-order valence-electron chi connectivity index (χ3n) is 3.78. The molecule has 0 bridgehead atoms. The molecule has 0 spiro atoms. The second kappa shape index (κ2) is 9.56. The Morgan fingerprint density at radius 3 is 2.68 bits per heavy atom. The number of carbonyl (C=O) groups excluding carboxylic acids is 1. The number of nitrogens with zero attached hydrogens (tertiary/aromatic N) is 4. The number of nitrogens with one attached hydrogen (secondary N) is 2. The van der Waals surface area contributed by atoms with Gasteiger partial charge < -0.3 is 11.2 Å². The van der Waals surface area contributed by atoms with Crippen molar-refractivity contribution >= 4 is 29.8 Å². The molecule has 3 rings (SSSR count). The number of thioether (sulfide) groups is 1. The number of nitrogen functional groups attached to an aromatic ring is 1. The maximum absolute atomic E-state index is 12.0. The van der Waals surface area contributed by atoms with Crippen molar-refractivity contribution < 1.29 is 4.79 Å². The van der Waals surface area contributed by atoms with Crippen LogP contribution >= 0.6 is 11.8 Å². The van der Waals surface area contributed by atoms with Gasteiger partial charge in [0.25, 0.3) is 5.95 Å². The predicted octanol–water partition coefficient (Wildman–Crippen LogP) is 2.15. The fourth-order valence-electron chi connectivity index (χ4n) is 2.24. The second-order valence-electron chi connectivity index (χ2n) is 6.01. The van der Waals surface area contributed by atoms with Gasteiger partial charge in [-0.1, -0.05) is 71.9 Å². The Morgan fingerprint density at radius 2 is 1.93 bits per heavy atom. The third kappa shape index (κ3) is 5.58. The number of aryl methyl sites for hydroxylation is 1. The van der Waals surface area contributed by atoms with E-state index in [1.54, 1.807) is 6.21 Å². The van der Waals surface area contributed by atoms with E-state index in [4.69, 9.17) is 5.84 Å². The Labute approximate surface area is 167 Å². The minimum absolute atomic E-state index is 0.106. The highest BCUT2D eigenvalue weighted by atomic mass is 32.2. The highest BCUT2D eigenvalue weighted by Crippen LogP contribution is 2.16. The van der Waals surface area contributed by atoms with Crippen LogP contribution < -0.4 is 16.6 Å². The minimum atomic E-state index is -0.106. The molecule has 1 aromatic heterocycles. The lowest BCUT2D eigenvalue weighted by Crippen LogP contribution is -2.25. The van der Waals surface area contributed by atoms with Gasteiger partial charge in [0.1, 0.15) is 0 Å². The van der Waals surface area contributed by atoms with Gasteiger partial charge in [-0.05, 0) is 18.1 Å². The molecular weight excluding hydrogens is 374 g/mol. The lowest BCUT2D eigenvalue weighted by molar-refractivity contribution is -0.118. The molecule has 28 heavy (non-hydrogen) atoms. The number of aromatic nitrogens is 3. The van der Waals surface area contributed by atoms with Crippen molar-refractivity contribution in [3.05, 3.63) is 71.3 Å². The summed E-state index contributed by atoms with van der Waals surface area (Å²) in [6.45, 7) is 2.51. The zero-order valence-corrected chi connectivity index (χ0v) is 16.2. The van der Waals surface area contributed by atoms with E-state index in [1.165, 1.54) is 22.0 Å². The number of hydrazone groups is 1. The summed E-state index contributed by atoms with van der Waals surface area (Å²) in [7, 11) is 0. The van der Waals surface area contributed by atoms with Gasteiger partial charge in [-0.3, -0.25) is 4.79 Å². The molecule has 1 heterocycles. The van der Waals surface area contributed by atoms with E-state index in [2.05, 4.69) is 26.0 Å². The summed E-state index contributed by atoms with van der Waals surface area (Å²) in [5.74, 6) is 6.32. The Balaban J connectivity index is 1.46. The first-order valence-electron chi connectivity index (χ1n) is 8.61. The zero-order chi connectivity index (χ0) is 19.8. The van der Waals surface area contributed by atoms with Crippen LogP contribution in [0.2, 0.25) is 0 Å². The van der Waals surface area contributed by atoms with Gasteiger partial charge in [0.05, 0.1) is 12.0 Å². The smallest absolute Gasteiger partial charge is 0.264 e. The fraction of sp³-hybridized carbons (Fsp3) is 0.158. The van der Waals surface area contributed by atoms with Crippen molar-refractivity contribution in [3.63, 3.8) is 0 Å². The zero-order valence-electron chi connectivity index (χ0n) is 15.4. The molecule has 0 aliphatic rings. The topological polar surface area (TPSA) is 110 Å². The molecule has 0 atom stereocenters. The van der Waals surface area contributed by atoms with Crippen molar-refractivity contribution in [2.24, 2.45) is 5.10 Å². The van der Waals surface area contributed by atoms with Crippen molar-refractivity contribution in [2.45, 2.75) is 18.6 Å². The van der Waals surface area contributed by atoms with Crippen LogP contribution in [-0.4, -0.2) is 32.7 Å². The van der Waals surface area contributed by atoms with E-state index in [0.29, 0.717) is 11.7 Å². The minimum Gasteiger partial charge on any atom is -0.351 e. The molecule has 0 fully saturated rings. The fourth-order valence-corrected chi connectivity index (χ4v) is 2.93. The van der Waals surface area contributed by atoms with Crippen LogP contribution in [-0.2, 0) is 11.3 Å². The standard InChI is InChI=1S/C19H21N7OS/c1-14-7-9-16(10-8-14)11-21-17(27)13-28-19-25-24-18(26(19)20)23-22-12-15-5-3-2-4-6-15/h2-10,12H,11,13,20H2,1H3,(H,21,27)(H,23,24)/b22-12+. The largest absolute Gasteiger partial charge is 0.351 e. The van der Waals surface area contributed by atoms with Crippen molar-refractivity contribution in [2.75, 3.05) is 17.0 Å². The number of rotatable bonds is 8. The normalized spacial score (nSPS) is 10.9. The molecule has 0 unspecified atom stereocenters. The molecule has 1 amide bonds. The summed E-state index contributed by atoms with van der Waals surface area (Å²) in [5, 5.41) is 15.3. The SMILES string of the molecule is Cc1ccc(CNC(=O)CSc2nnc(N/N=C/c3ccccc3)n2N)cc1.